The van der Waals surface area contributed by atoms with Gasteiger partial charge in [-0.1, -0.05) is 30.3 Å². The summed E-state index contributed by atoms with van der Waals surface area (Å²) >= 11 is 0. The van der Waals surface area contributed by atoms with Crippen LogP contribution in [0.15, 0.2) is 54.6 Å². The predicted molar refractivity (Wildman–Crippen MR) is 99.8 cm³/mol. The standard InChI is InChI=1S/C20H21N3O3/c1-26-16-8-7-15-11-18(22-17(15)12-16)20(25)23(10-9-19(21)24)13-14-5-3-2-4-6-14/h2-8,11-12,22H,9-10,13H2,1H3,(H2,21,24). The molecule has 1 aromatic heterocycles. The van der Waals surface area contributed by atoms with Crippen LogP contribution < -0.4 is 10.5 Å². The molecule has 3 aromatic rings. The van der Waals surface area contributed by atoms with Crippen LogP contribution in [0.2, 0.25) is 0 Å². The molecule has 0 fully saturated rings. The maximum Gasteiger partial charge on any atom is 0.270 e. The molecule has 0 spiro atoms. The Balaban J connectivity index is 1.86. The molecule has 0 aliphatic heterocycles. The average molecular weight is 351 g/mol. The summed E-state index contributed by atoms with van der Waals surface area (Å²) in [5.41, 5.74) is 7.54. The molecule has 0 saturated carbocycles. The molecule has 0 radical (unpaired) electrons. The third-order valence-electron chi connectivity index (χ3n) is 4.19. The van der Waals surface area contributed by atoms with E-state index in [0.717, 1.165) is 16.5 Å². The molecule has 1 heterocycles. The van der Waals surface area contributed by atoms with Gasteiger partial charge in [-0.05, 0) is 23.8 Å². The zero-order valence-corrected chi connectivity index (χ0v) is 14.6. The number of fused-ring (bicyclic) bond motifs is 1. The van der Waals surface area contributed by atoms with Gasteiger partial charge in [-0.2, -0.15) is 0 Å². The van der Waals surface area contributed by atoms with Crippen molar-refractivity contribution in [2.75, 3.05) is 13.7 Å². The fourth-order valence-corrected chi connectivity index (χ4v) is 2.82. The largest absolute Gasteiger partial charge is 0.497 e. The van der Waals surface area contributed by atoms with Crippen molar-refractivity contribution in [1.29, 1.82) is 0 Å². The molecule has 6 heteroatoms. The van der Waals surface area contributed by atoms with Gasteiger partial charge >= 0.3 is 0 Å². The van der Waals surface area contributed by atoms with Crippen LogP contribution in [0.3, 0.4) is 0 Å². The molecular weight excluding hydrogens is 330 g/mol. The number of nitrogens with one attached hydrogen (secondary N) is 1. The fourth-order valence-electron chi connectivity index (χ4n) is 2.82. The van der Waals surface area contributed by atoms with Gasteiger partial charge < -0.3 is 20.4 Å². The molecular formula is C20H21N3O3. The van der Waals surface area contributed by atoms with Crippen molar-refractivity contribution in [2.45, 2.75) is 13.0 Å². The van der Waals surface area contributed by atoms with Crippen molar-refractivity contribution in [2.24, 2.45) is 5.73 Å². The smallest absolute Gasteiger partial charge is 0.270 e. The van der Waals surface area contributed by atoms with Crippen LogP contribution in [-0.4, -0.2) is 35.4 Å². The summed E-state index contributed by atoms with van der Waals surface area (Å²) in [6.07, 6.45) is 0.118. The van der Waals surface area contributed by atoms with E-state index in [0.29, 0.717) is 18.0 Å². The lowest BCUT2D eigenvalue weighted by Crippen LogP contribution is -2.33. The minimum absolute atomic E-state index is 0.118. The number of carbonyl (C=O) groups excluding carboxylic acids is 2. The highest BCUT2D eigenvalue weighted by atomic mass is 16.5. The summed E-state index contributed by atoms with van der Waals surface area (Å²) in [5, 5.41) is 0.920. The molecule has 3 N–H and O–H groups in total. The first-order valence-electron chi connectivity index (χ1n) is 8.35. The maximum atomic E-state index is 13.0. The second kappa shape index (κ2) is 7.74. The summed E-state index contributed by atoms with van der Waals surface area (Å²) < 4.78 is 5.22. The topological polar surface area (TPSA) is 88.4 Å². The number of amides is 2. The van der Waals surface area contributed by atoms with Gasteiger partial charge in [0.25, 0.3) is 5.91 Å². The number of hydrogen-bond acceptors (Lipinski definition) is 3. The fraction of sp³-hybridized carbons (Fsp3) is 0.200. The van der Waals surface area contributed by atoms with Crippen molar-refractivity contribution in [3.8, 4) is 5.75 Å². The number of H-pyrrole nitrogens is 1. The first-order chi connectivity index (χ1) is 12.6. The first-order valence-corrected chi connectivity index (χ1v) is 8.35. The molecule has 0 atom stereocenters. The highest BCUT2D eigenvalue weighted by molar-refractivity contribution is 5.98. The van der Waals surface area contributed by atoms with Gasteiger partial charge in [0.15, 0.2) is 0 Å². The van der Waals surface area contributed by atoms with Gasteiger partial charge in [0, 0.05) is 36.5 Å². The number of nitrogens with two attached hydrogens (primary N) is 1. The van der Waals surface area contributed by atoms with Crippen molar-refractivity contribution < 1.29 is 14.3 Å². The van der Waals surface area contributed by atoms with E-state index in [1.807, 2.05) is 48.5 Å². The summed E-state index contributed by atoms with van der Waals surface area (Å²) in [7, 11) is 1.60. The summed E-state index contributed by atoms with van der Waals surface area (Å²) in [6, 6.07) is 17.0. The second-order valence-corrected chi connectivity index (χ2v) is 6.06. The normalized spacial score (nSPS) is 10.7. The third kappa shape index (κ3) is 4.03. The number of benzene rings is 2. The Bertz CT molecular complexity index is 918. The number of carbonyl (C=O) groups is 2. The second-order valence-electron chi connectivity index (χ2n) is 6.06. The van der Waals surface area contributed by atoms with Crippen LogP contribution in [0.4, 0.5) is 0 Å². The van der Waals surface area contributed by atoms with E-state index in [9.17, 15) is 9.59 Å². The zero-order valence-electron chi connectivity index (χ0n) is 14.6. The minimum Gasteiger partial charge on any atom is -0.497 e. The summed E-state index contributed by atoms with van der Waals surface area (Å²) in [6.45, 7) is 0.674. The van der Waals surface area contributed by atoms with E-state index in [1.54, 1.807) is 18.1 Å². The van der Waals surface area contributed by atoms with Gasteiger partial charge in [0.1, 0.15) is 11.4 Å². The highest BCUT2D eigenvalue weighted by Crippen LogP contribution is 2.22. The van der Waals surface area contributed by atoms with Crippen LogP contribution in [0.25, 0.3) is 10.9 Å². The van der Waals surface area contributed by atoms with Crippen LogP contribution in [0.1, 0.15) is 22.5 Å². The molecule has 134 valence electrons. The number of hydrogen-bond donors (Lipinski definition) is 2. The van der Waals surface area contributed by atoms with E-state index < -0.39 is 5.91 Å². The Morgan fingerprint density at radius 3 is 2.58 bits per heavy atom. The number of rotatable bonds is 7. The Kier molecular flexibility index (Phi) is 5.22. The lowest BCUT2D eigenvalue weighted by molar-refractivity contribution is -0.118. The van der Waals surface area contributed by atoms with Gasteiger partial charge in [0.2, 0.25) is 5.91 Å². The molecule has 6 nitrogen and oxygen atoms in total. The summed E-state index contributed by atoms with van der Waals surface area (Å²) in [5.74, 6) is 0.107. The van der Waals surface area contributed by atoms with Crippen molar-refractivity contribution in [3.63, 3.8) is 0 Å². The van der Waals surface area contributed by atoms with Crippen molar-refractivity contribution >= 4 is 22.7 Å². The number of nitrogens with zero attached hydrogens (tertiary/aromatic N) is 1. The van der Waals surface area contributed by atoms with Crippen molar-refractivity contribution in [3.05, 3.63) is 65.9 Å². The molecule has 0 unspecified atom stereocenters. The van der Waals surface area contributed by atoms with E-state index in [4.69, 9.17) is 10.5 Å². The highest BCUT2D eigenvalue weighted by Gasteiger charge is 2.19. The zero-order chi connectivity index (χ0) is 18.5. The molecule has 0 aliphatic rings. The molecule has 0 bridgehead atoms. The molecule has 2 amide bonds. The van der Waals surface area contributed by atoms with Gasteiger partial charge in [-0.3, -0.25) is 9.59 Å². The Labute approximate surface area is 151 Å². The van der Waals surface area contributed by atoms with E-state index >= 15 is 0 Å². The number of methoxy groups -OCH3 is 1. The van der Waals surface area contributed by atoms with E-state index in [-0.39, 0.29) is 18.9 Å². The maximum absolute atomic E-state index is 13.0. The van der Waals surface area contributed by atoms with Crippen LogP contribution >= 0.6 is 0 Å². The van der Waals surface area contributed by atoms with Crippen molar-refractivity contribution in [1.82, 2.24) is 9.88 Å². The number of aromatic amines is 1. The van der Waals surface area contributed by atoms with Crippen LogP contribution in [0.5, 0.6) is 5.75 Å². The molecule has 26 heavy (non-hydrogen) atoms. The third-order valence-corrected chi connectivity index (χ3v) is 4.19. The van der Waals surface area contributed by atoms with E-state index in [1.165, 1.54) is 0 Å². The summed E-state index contributed by atoms with van der Waals surface area (Å²) in [4.78, 5) is 29.0. The molecule has 3 rings (SSSR count). The van der Waals surface area contributed by atoms with Gasteiger partial charge in [0.05, 0.1) is 7.11 Å². The molecule has 0 saturated heterocycles. The lowest BCUT2D eigenvalue weighted by Gasteiger charge is -2.21. The number of aromatic nitrogens is 1. The molecule has 2 aromatic carbocycles. The average Bonchev–Trinajstić information content (AvgIpc) is 3.08. The van der Waals surface area contributed by atoms with Crippen LogP contribution in [-0.2, 0) is 11.3 Å². The quantitative estimate of drug-likeness (QED) is 0.686. The predicted octanol–water partition coefficient (Wildman–Crippen LogP) is 2.69. The van der Waals surface area contributed by atoms with Crippen LogP contribution in [0, 0.1) is 0 Å². The Morgan fingerprint density at radius 1 is 1.12 bits per heavy atom. The van der Waals surface area contributed by atoms with Gasteiger partial charge in [-0.25, -0.2) is 0 Å². The monoisotopic (exact) mass is 351 g/mol. The Morgan fingerprint density at radius 2 is 1.88 bits per heavy atom. The molecule has 0 aliphatic carbocycles. The number of ether oxygens (including phenoxy) is 1. The van der Waals surface area contributed by atoms with Gasteiger partial charge in [-0.15, -0.1) is 0 Å². The van der Waals surface area contributed by atoms with E-state index in [2.05, 4.69) is 4.98 Å². The Hall–Kier alpha value is -3.28. The first kappa shape index (κ1) is 17.5. The number of primary amides is 1. The minimum atomic E-state index is -0.433. The SMILES string of the molecule is COc1ccc2cc(C(=O)N(CCC(N)=O)Cc3ccccc3)[nH]c2c1. The lowest BCUT2D eigenvalue weighted by atomic mass is 10.2.